The lowest BCUT2D eigenvalue weighted by molar-refractivity contribution is 0.0694. The van der Waals surface area contributed by atoms with Crippen LogP contribution >= 0.6 is 0 Å². The minimum Gasteiger partial charge on any atom is -0.477 e. The Balaban J connectivity index is 2.30. The van der Waals surface area contributed by atoms with Crippen LogP contribution in [-0.2, 0) is 0 Å². The SMILES string of the molecule is Cc1ccc(Nc2cc(C(=O)O)c(=O)[nH]n2)cc1. The second kappa shape index (κ2) is 4.70. The van der Waals surface area contributed by atoms with Crippen LogP contribution in [-0.4, -0.2) is 21.3 Å². The van der Waals surface area contributed by atoms with Gasteiger partial charge in [-0.15, -0.1) is 0 Å². The average Bonchev–Trinajstić information content (AvgIpc) is 2.34. The Bertz CT molecular complexity index is 632. The third-order valence-corrected chi connectivity index (χ3v) is 2.36. The highest BCUT2D eigenvalue weighted by Crippen LogP contribution is 2.14. The maximum absolute atomic E-state index is 11.2. The number of aromatic amines is 1. The predicted octanol–water partition coefficient (Wildman–Crippen LogP) is 1.52. The van der Waals surface area contributed by atoms with Gasteiger partial charge in [0.05, 0.1) is 0 Å². The highest BCUT2D eigenvalue weighted by atomic mass is 16.4. The van der Waals surface area contributed by atoms with Crippen LogP contribution in [0.4, 0.5) is 11.5 Å². The van der Waals surface area contributed by atoms with Gasteiger partial charge in [-0.25, -0.2) is 9.89 Å². The number of hydrogen-bond donors (Lipinski definition) is 3. The number of rotatable bonds is 3. The Labute approximate surface area is 102 Å². The number of nitrogens with zero attached hydrogens (tertiary/aromatic N) is 1. The number of benzene rings is 1. The summed E-state index contributed by atoms with van der Waals surface area (Å²) in [5, 5.41) is 17.6. The molecule has 1 aromatic carbocycles. The smallest absolute Gasteiger partial charge is 0.341 e. The summed E-state index contributed by atoms with van der Waals surface area (Å²) in [5.74, 6) is -1.01. The van der Waals surface area contributed by atoms with Crippen LogP contribution in [0.2, 0.25) is 0 Å². The van der Waals surface area contributed by atoms with E-state index in [-0.39, 0.29) is 11.4 Å². The first kappa shape index (κ1) is 11.8. The van der Waals surface area contributed by atoms with E-state index in [9.17, 15) is 9.59 Å². The van der Waals surface area contributed by atoms with Crippen molar-refractivity contribution in [3.05, 3.63) is 51.8 Å². The second-order valence-electron chi connectivity index (χ2n) is 3.79. The molecule has 6 heteroatoms. The summed E-state index contributed by atoms with van der Waals surface area (Å²) in [6, 6.07) is 8.68. The molecule has 1 heterocycles. The molecule has 0 unspecified atom stereocenters. The van der Waals surface area contributed by atoms with Crippen LogP contribution in [0.5, 0.6) is 0 Å². The molecule has 92 valence electrons. The van der Waals surface area contributed by atoms with Crippen LogP contribution in [0.1, 0.15) is 15.9 Å². The number of H-pyrrole nitrogens is 1. The summed E-state index contributed by atoms with van der Waals surface area (Å²) in [7, 11) is 0. The topological polar surface area (TPSA) is 95.1 Å². The molecule has 0 aliphatic heterocycles. The summed E-state index contributed by atoms with van der Waals surface area (Å²) in [6.07, 6.45) is 0. The van der Waals surface area contributed by atoms with Crippen LogP contribution < -0.4 is 10.9 Å². The van der Waals surface area contributed by atoms with E-state index in [2.05, 4.69) is 15.5 Å². The van der Waals surface area contributed by atoms with Crippen molar-refractivity contribution in [2.75, 3.05) is 5.32 Å². The van der Waals surface area contributed by atoms with E-state index in [0.29, 0.717) is 0 Å². The molecule has 3 N–H and O–H groups in total. The lowest BCUT2D eigenvalue weighted by Gasteiger charge is -2.05. The summed E-state index contributed by atoms with van der Waals surface area (Å²) in [4.78, 5) is 22.0. The predicted molar refractivity (Wildman–Crippen MR) is 66.3 cm³/mol. The van der Waals surface area contributed by atoms with Crippen molar-refractivity contribution in [2.45, 2.75) is 6.92 Å². The largest absolute Gasteiger partial charge is 0.477 e. The van der Waals surface area contributed by atoms with Gasteiger partial charge in [0.25, 0.3) is 5.56 Å². The Kier molecular flexibility index (Phi) is 3.09. The highest BCUT2D eigenvalue weighted by molar-refractivity contribution is 5.88. The van der Waals surface area contributed by atoms with Gasteiger partial charge in [0.1, 0.15) is 5.56 Å². The molecule has 0 atom stereocenters. The molecule has 0 saturated heterocycles. The van der Waals surface area contributed by atoms with E-state index >= 15 is 0 Å². The average molecular weight is 245 g/mol. The monoisotopic (exact) mass is 245 g/mol. The Hall–Kier alpha value is -2.63. The van der Waals surface area contributed by atoms with Crippen LogP contribution in [0.15, 0.2) is 35.1 Å². The number of aryl methyl sites for hydroxylation is 1. The molecule has 0 spiro atoms. The molecular weight excluding hydrogens is 234 g/mol. The molecule has 6 nitrogen and oxygen atoms in total. The number of aromatic carboxylic acids is 1. The highest BCUT2D eigenvalue weighted by Gasteiger charge is 2.10. The third kappa shape index (κ3) is 2.54. The molecule has 0 saturated carbocycles. The third-order valence-electron chi connectivity index (χ3n) is 2.36. The van der Waals surface area contributed by atoms with E-state index in [1.165, 1.54) is 6.07 Å². The summed E-state index contributed by atoms with van der Waals surface area (Å²) in [5.41, 5.74) is 0.800. The Morgan fingerprint density at radius 2 is 2.00 bits per heavy atom. The normalized spacial score (nSPS) is 10.1. The number of hydrogen-bond acceptors (Lipinski definition) is 4. The van der Waals surface area contributed by atoms with Gasteiger partial charge in [-0.2, -0.15) is 5.10 Å². The molecule has 0 fully saturated rings. The van der Waals surface area contributed by atoms with Gasteiger partial charge in [-0.05, 0) is 19.1 Å². The zero-order valence-corrected chi connectivity index (χ0v) is 9.60. The van der Waals surface area contributed by atoms with Crippen LogP contribution in [0.3, 0.4) is 0 Å². The molecule has 0 bridgehead atoms. The Morgan fingerprint density at radius 3 is 2.61 bits per heavy atom. The van der Waals surface area contributed by atoms with E-state index in [0.717, 1.165) is 11.3 Å². The van der Waals surface area contributed by atoms with Crippen molar-refractivity contribution < 1.29 is 9.90 Å². The minimum atomic E-state index is -1.29. The molecule has 0 aliphatic rings. The van der Waals surface area contributed by atoms with Gasteiger partial charge in [-0.3, -0.25) is 4.79 Å². The summed E-state index contributed by atoms with van der Waals surface area (Å²) in [6.45, 7) is 1.96. The fourth-order valence-corrected chi connectivity index (χ4v) is 1.41. The quantitative estimate of drug-likeness (QED) is 0.762. The molecule has 2 aromatic rings. The summed E-state index contributed by atoms with van der Waals surface area (Å²) >= 11 is 0. The van der Waals surface area contributed by atoms with E-state index in [1.807, 2.05) is 31.2 Å². The van der Waals surface area contributed by atoms with Gasteiger partial charge in [0.2, 0.25) is 0 Å². The van der Waals surface area contributed by atoms with Crippen LogP contribution in [0.25, 0.3) is 0 Å². The zero-order chi connectivity index (χ0) is 13.1. The first-order valence-corrected chi connectivity index (χ1v) is 5.23. The van der Waals surface area contributed by atoms with Crippen LogP contribution in [0, 0.1) is 6.92 Å². The van der Waals surface area contributed by atoms with Crippen molar-refractivity contribution in [1.82, 2.24) is 10.2 Å². The lowest BCUT2D eigenvalue weighted by atomic mass is 10.2. The first-order valence-electron chi connectivity index (χ1n) is 5.23. The maximum Gasteiger partial charge on any atom is 0.341 e. The lowest BCUT2D eigenvalue weighted by Crippen LogP contribution is -2.19. The molecular formula is C12H11N3O3. The van der Waals surface area contributed by atoms with E-state index < -0.39 is 11.5 Å². The molecule has 1 aromatic heterocycles. The number of carbonyl (C=O) groups is 1. The fourth-order valence-electron chi connectivity index (χ4n) is 1.41. The first-order chi connectivity index (χ1) is 8.56. The molecule has 18 heavy (non-hydrogen) atoms. The minimum absolute atomic E-state index is 0.274. The van der Waals surface area contributed by atoms with Crippen molar-refractivity contribution in [3.8, 4) is 0 Å². The number of aromatic nitrogens is 2. The molecule has 2 rings (SSSR count). The van der Waals surface area contributed by atoms with Gasteiger partial charge in [0.15, 0.2) is 5.82 Å². The van der Waals surface area contributed by atoms with E-state index in [4.69, 9.17) is 5.11 Å². The standard InChI is InChI=1S/C12H11N3O3/c1-7-2-4-8(5-3-7)13-10-6-9(12(17)18)11(16)15-14-10/h2-6H,1H3,(H,13,14)(H,15,16)(H,17,18). The molecule has 0 amide bonds. The van der Waals surface area contributed by atoms with Gasteiger partial charge in [-0.1, -0.05) is 17.7 Å². The van der Waals surface area contributed by atoms with Crippen molar-refractivity contribution in [3.63, 3.8) is 0 Å². The molecule has 0 aliphatic carbocycles. The number of anilines is 2. The van der Waals surface area contributed by atoms with E-state index in [1.54, 1.807) is 0 Å². The van der Waals surface area contributed by atoms with Gasteiger partial charge < -0.3 is 10.4 Å². The maximum atomic E-state index is 11.2. The van der Waals surface area contributed by atoms with Crippen molar-refractivity contribution >= 4 is 17.5 Å². The second-order valence-corrected chi connectivity index (χ2v) is 3.79. The van der Waals surface area contributed by atoms with Gasteiger partial charge >= 0.3 is 5.97 Å². The van der Waals surface area contributed by atoms with Crippen molar-refractivity contribution in [1.29, 1.82) is 0 Å². The Morgan fingerprint density at radius 1 is 1.33 bits per heavy atom. The molecule has 0 radical (unpaired) electrons. The van der Waals surface area contributed by atoms with Crippen molar-refractivity contribution in [2.24, 2.45) is 0 Å². The number of nitrogens with one attached hydrogen (secondary N) is 2. The number of carboxylic acids is 1. The summed E-state index contributed by atoms with van der Waals surface area (Å²) < 4.78 is 0. The zero-order valence-electron chi connectivity index (χ0n) is 9.60. The van der Waals surface area contributed by atoms with Gasteiger partial charge in [0, 0.05) is 11.8 Å². The fraction of sp³-hybridized carbons (Fsp3) is 0.0833. The number of carboxylic acid groups (broad SMARTS) is 1.